The monoisotopic (exact) mass is 207 g/mol. The number of carbonyl (C=O) groups excluding carboxylic acids is 1. The van der Waals surface area contributed by atoms with Crippen LogP contribution in [0.5, 0.6) is 0 Å². The van der Waals surface area contributed by atoms with Gasteiger partial charge >= 0.3 is 0 Å². The second-order valence-corrected chi connectivity index (χ2v) is 6.22. The van der Waals surface area contributed by atoms with E-state index in [1.54, 1.807) is 0 Å². The highest BCUT2D eigenvalue weighted by atomic mass is 16.2. The van der Waals surface area contributed by atoms with Crippen molar-refractivity contribution >= 4 is 5.91 Å². The van der Waals surface area contributed by atoms with Gasteiger partial charge in [0.05, 0.1) is 0 Å². The van der Waals surface area contributed by atoms with Crippen LogP contribution in [0.25, 0.3) is 0 Å². The van der Waals surface area contributed by atoms with E-state index in [1.807, 2.05) is 0 Å². The molecule has 0 aromatic rings. The summed E-state index contributed by atoms with van der Waals surface area (Å²) in [7, 11) is 0. The van der Waals surface area contributed by atoms with Crippen LogP contribution in [0.2, 0.25) is 0 Å². The zero-order valence-corrected chi connectivity index (χ0v) is 9.83. The van der Waals surface area contributed by atoms with Crippen molar-refractivity contribution in [1.29, 1.82) is 0 Å². The molecule has 1 aliphatic heterocycles. The summed E-state index contributed by atoms with van der Waals surface area (Å²) < 4.78 is 0. The van der Waals surface area contributed by atoms with Gasteiger partial charge in [0.1, 0.15) is 0 Å². The Labute approximate surface area is 92.0 Å². The Balaban J connectivity index is 1.51. The molecule has 1 heterocycles. The fourth-order valence-electron chi connectivity index (χ4n) is 3.21. The number of likely N-dealkylation sites (tertiary alicyclic amines) is 1. The predicted molar refractivity (Wildman–Crippen MR) is 59.3 cm³/mol. The number of nitrogens with zero attached hydrogens (tertiary/aromatic N) is 1. The first-order valence-electron chi connectivity index (χ1n) is 6.41. The Morgan fingerprint density at radius 1 is 1.33 bits per heavy atom. The average Bonchev–Trinajstić information content (AvgIpc) is 2.72. The minimum atomic E-state index is 0.430. The van der Waals surface area contributed by atoms with Crippen molar-refractivity contribution in [3.05, 3.63) is 0 Å². The second kappa shape index (κ2) is 2.99. The Hall–Kier alpha value is -0.530. The van der Waals surface area contributed by atoms with Crippen molar-refractivity contribution in [3.63, 3.8) is 0 Å². The van der Waals surface area contributed by atoms with Gasteiger partial charge in [-0.05, 0) is 36.5 Å². The van der Waals surface area contributed by atoms with Crippen LogP contribution < -0.4 is 0 Å². The van der Waals surface area contributed by atoms with E-state index in [9.17, 15) is 4.79 Å². The van der Waals surface area contributed by atoms with Gasteiger partial charge < -0.3 is 4.90 Å². The molecule has 2 saturated carbocycles. The van der Waals surface area contributed by atoms with E-state index < -0.39 is 0 Å². The van der Waals surface area contributed by atoms with Crippen LogP contribution in [0.1, 0.15) is 39.5 Å². The van der Waals surface area contributed by atoms with Gasteiger partial charge in [0.2, 0.25) is 5.91 Å². The third kappa shape index (κ3) is 1.33. The van der Waals surface area contributed by atoms with E-state index in [1.165, 1.54) is 25.7 Å². The normalized spacial score (nSPS) is 32.7. The molecular formula is C13H21NO. The topological polar surface area (TPSA) is 20.3 Å². The number of carbonyl (C=O) groups is 1. The molecule has 1 saturated heterocycles. The summed E-state index contributed by atoms with van der Waals surface area (Å²) in [6.45, 7) is 6.58. The Bertz CT molecular complexity index is 287. The van der Waals surface area contributed by atoms with Gasteiger partial charge in [0, 0.05) is 19.0 Å². The summed E-state index contributed by atoms with van der Waals surface area (Å²) in [5.74, 6) is 2.42. The maximum absolute atomic E-state index is 12.1. The van der Waals surface area contributed by atoms with Crippen LogP contribution in [0.3, 0.4) is 0 Å². The maximum Gasteiger partial charge on any atom is 0.226 e. The first-order valence-corrected chi connectivity index (χ1v) is 6.41. The lowest BCUT2D eigenvalue weighted by Crippen LogP contribution is -2.53. The fraction of sp³-hybridized carbons (Fsp3) is 0.923. The Morgan fingerprint density at radius 2 is 2.00 bits per heavy atom. The van der Waals surface area contributed by atoms with E-state index in [-0.39, 0.29) is 0 Å². The van der Waals surface area contributed by atoms with Crippen LogP contribution in [-0.2, 0) is 4.79 Å². The number of hydrogen-bond acceptors (Lipinski definition) is 1. The number of rotatable bonds is 2. The molecule has 0 aromatic carbocycles. The van der Waals surface area contributed by atoms with E-state index in [4.69, 9.17) is 0 Å². The van der Waals surface area contributed by atoms with Gasteiger partial charge in [-0.1, -0.05) is 20.3 Å². The van der Waals surface area contributed by atoms with Crippen molar-refractivity contribution < 1.29 is 4.79 Å². The van der Waals surface area contributed by atoms with Crippen molar-refractivity contribution in [2.45, 2.75) is 39.5 Å². The van der Waals surface area contributed by atoms with Gasteiger partial charge in [-0.3, -0.25) is 4.79 Å². The lowest BCUT2D eigenvalue weighted by molar-refractivity contribution is -0.141. The lowest BCUT2D eigenvalue weighted by Gasteiger charge is -2.42. The van der Waals surface area contributed by atoms with Crippen molar-refractivity contribution in [1.82, 2.24) is 4.90 Å². The molecule has 2 nitrogen and oxygen atoms in total. The molecule has 3 fully saturated rings. The van der Waals surface area contributed by atoms with Gasteiger partial charge in [0.25, 0.3) is 0 Å². The first-order chi connectivity index (χ1) is 7.12. The first kappa shape index (κ1) is 9.68. The molecule has 1 atom stereocenters. The third-order valence-electron chi connectivity index (χ3n) is 5.00. The molecule has 3 aliphatic rings. The zero-order valence-electron chi connectivity index (χ0n) is 9.83. The summed E-state index contributed by atoms with van der Waals surface area (Å²) >= 11 is 0. The van der Waals surface area contributed by atoms with Crippen molar-refractivity contribution in [2.75, 3.05) is 13.1 Å². The Kier molecular flexibility index (Phi) is 1.93. The quantitative estimate of drug-likeness (QED) is 0.680. The summed E-state index contributed by atoms with van der Waals surface area (Å²) in [4.78, 5) is 14.2. The molecule has 0 radical (unpaired) electrons. The van der Waals surface area contributed by atoms with Crippen LogP contribution in [0, 0.1) is 23.2 Å². The Morgan fingerprint density at radius 3 is 2.40 bits per heavy atom. The smallest absolute Gasteiger partial charge is 0.226 e. The zero-order chi connectivity index (χ0) is 10.6. The summed E-state index contributed by atoms with van der Waals surface area (Å²) in [6, 6.07) is 0. The van der Waals surface area contributed by atoms with E-state index in [0.29, 0.717) is 17.2 Å². The SMILES string of the molecule is CC(C)C1CN(C(=O)[C@@H]2CC23CCC3)C1. The van der Waals surface area contributed by atoms with E-state index in [0.717, 1.165) is 24.9 Å². The maximum atomic E-state index is 12.1. The van der Waals surface area contributed by atoms with Crippen LogP contribution in [-0.4, -0.2) is 23.9 Å². The minimum absolute atomic E-state index is 0.430. The van der Waals surface area contributed by atoms with Crippen LogP contribution in [0.15, 0.2) is 0 Å². The highest BCUT2D eigenvalue weighted by Crippen LogP contribution is 2.66. The summed E-state index contributed by atoms with van der Waals surface area (Å²) in [5, 5.41) is 0. The van der Waals surface area contributed by atoms with E-state index >= 15 is 0 Å². The molecule has 0 unspecified atom stereocenters. The van der Waals surface area contributed by atoms with Gasteiger partial charge in [0.15, 0.2) is 0 Å². The lowest BCUT2D eigenvalue weighted by atomic mass is 9.79. The highest BCUT2D eigenvalue weighted by Gasteiger charge is 2.62. The standard InChI is InChI=1S/C13H21NO/c1-9(2)10-7-14(8-10)12(15)11-6-13(11)4-3-5-13/h9-11H,3-8H2,1-2H3/t11-/m0/s1. The molecule has 2 heteroatoms. The molecule has 1 spiro atoms. The third-order valence-corrected chi connectivity index (χ3v) is 5.00. The number of hydrogen-bond donors (Lipinski definition) is 0. The molecule has 84 valence electrons. The number of amides is 1. The largest absolute Gasteiger partial charge is 0.342 e. The van der Waals surface area contributed by atoms with Gasteiger partial charge in [-0.2, -0.15) is 0 Å². The molecule has 15 heavy (non-hydrogen) atoms. The molecule has 0 N–H and O–H groups in total. The highest BCUT2D eigenvalue weighted by molar-refractivity contribution is 5.83. The molecule has 3 rings (SSSR count). The summed E-state index contributed by atoms with van der Waals surface area (Å²) in [5.41, 5.74) is 0.514. The molecule has 0 bridgehead atoms. The van der Waals surface area contributed by atoms with E-state index in [2.05, 4.69) is 18.7 Å². The molecule has 1 amide bonds. The van der Waals surface area contributed by atoms with Crippen molar-refractivity contribution in [2.24, 2.45) is 23.2 Å². The fourth-order valence-corrected chi connectivity index (χ4v) is 3.21. The average molecular weight is 207 g/mol. The van der Waals surface area contributed by atoms with Gasteiger partial charge in [-0.15, -0.1) is 0 Å². The molecular weight excluding hydrogens is 186 g/mol. The molecule has 0 aromatic heterocycles. The second-order valence-electron chi connectivity index (χ2n) is 6.22. The van der Waals surface area contributed by atoms with Crippen LogP contribution in [0.4, 0.5) is 0 Å². The molecule has 2 aliphatic carbocycles. The predicted octanol–water partition coefficient (Wildman–Crippen LogP) is 2.29. The van der Waals surface area contributed by atoms with Gasteiger partial charge in [-0.25, -0.2) is 0 Å². The van der Waals surface area contributed by atoms with Crippen LogP contribution >= 0.6 is 0 Å². The van der Waals surface area contributed by atoms with Crippen molar-refractivity contribution in [3.8, 4) is 0 Å². The summed E-state index contributed by atoms with van der Waals surface area (Å²) in [6.07, 6.45) is 5.21. The minimum Gasteiger partial charge on any atom is -0.342 e.